The van der Waals surface area contributed by atoms with E-state index in [9.17, 15) is 0 Å². The lowest BCUT2D eigenvalue weighted by atomic mass is 9.98. The molecule has 0 atom stereocenters. The number of para-hydroxylation sites is 1. The van der Waals surface area contributed by atoms with E-state index in [4.69, 9.17) is 5.41 Å². The number of allylic oxidation sites excluding steroid dienone is 1. The van der Waals surface area contributed by atoms with Crippen molar-refractivity contribution < 1.29 is 0 Å². The Morgan fingerprint density at radius 1 is 0.361 bits per heavy atom. The molecule has 2 N–H and O–H groups in total. The van der Waals surface area contributed by atoms with Gasteiger partial charge in [0.1, 0.15) is 0 Å². The molecule has 61 heavy (non-hydrogen) atoms. The number of nitrogens with zero attached hydrogens (tertiary/aromatic N) is 2. The maximum atomic E-state index is 9.10. The van der Waals surface area contributed by atoms with E-state index in [0.717, 1.165) is 61.0 Å². The van der Waals surface area contributed by atoms with Gasteiger partial charge in [-0.3, -0.25) is 10.1 Å². The summed E-state index contributed by atoms with van der Waals surface area (Å²) in [5.74, 6) is 0. The van der Waals surface area contributed by atoms with Crippen molar-refractivity contribution in [2.24, 2.45) is 0 Å². The van der Waals surface area contributed by atoms with Crippen LogP contribution in [0.5, 0.6) is 0 Å². The molecule has 0 fully saturated rings. The quantitative estimate of drug-likeness (QED) is 0.141. The number of hydrogen-bond donors (Lipinski definition) is 2. The largest absolute Gasteiger partial charge is 0.309 e. The van der Waals surface area contributed by atoms with Crippen LogP contribution in [-0.4, -0.2) is 15.0 Å². The first-order valence-electron chi connectivity index (χ1n) is 20.7. The van der Waals surface area contributed by atoms with E-state index in [0.29, 0.717) is 5.71 Å². The highest BCUT2D eigenvalue weighted by molar-refractivity contribution is 6.14. The molecular formula is C57H40N4. The van der Waals surface area contributed by atoms with Gasteiger partial charge in [0.25, 0.3) is 0 Å². The predicted molar refractivity (Wildman–Crippen MR) is 257 cm³/mol. The third-order valence-electron chi connectivity index (χ3n) is 11.8. The first-order valence-corrected chi connectivity index (χ1v) is 20.7. The van der Waals surface area contributed by atoms with Gasteiger partial charge in [0.05, 0.1) is 33.5 Å². The lowest BCUT2D eigenvalue weighted by Gasteiger charge is -2.16. The van der Waals surface area contributed by atoms with Crippen molar-refractivity contribution in [1.82, 2.24) is 9.24 Å². The highest BCUT2D eigenvalue weighted by atomic mass is 15.4. The normalized spacial score (nSPS) is 11.8. The average Bonchev–Trinajstić information content (AvgIpc) is 3.83. The molecule has 0 saturated carbocycles. The Hall–Kier alpha value is -8.21. The van der Waals surface area contributed by atoms with Crippen LogP contribution in [0, 0.1) is 5.41 Å². The second-order valence-electron chi connectivity index (χ2n) is 15.5. The Balaban J connectivity index is 1.10. The summed E-state index contributed by atoms with van der Waals surface area (Å²) in [5, 5.41) is 13.8. The molecule has 0 bridgehead atoms. The van der Waals surface area contributed by atoms with Crippen molar-refractivity contribution in [3.8, 4) is 39.1 Å². The van der Waals surface area contributed by atoms with Crippen molar-refractivity contribution >= 4 is 55.0 Å². The van der Waals surface area contributed by atoms with E-state index in [1.165, 1.54) is 38.5 Å². The van der Waals surface area contributed by atoms with E-state index in [2.05, 4.69) is 191 Å². The lowest BCUT2D eigenvalue weighted by molar-refractivity contribution is 1.06. The van der Waals surface area contributed by atoms with Crippen LogP contribution < -0.4 is 5.43 Å². The molecular weight excluding hydrogens is 741 g/mol. The van der Waals surface area contributed by atoms with E-state index in [1.807, 2.05) is 54.6 Å². The van der Waals surface area contributed by atoms with Crippen molar-refractivity contribution in [1.29, 1.82) is 5.41 Å². The fourth-order valence-corrected chi connectivity index (χ4v) is 8.77. The van der Waals surface area contributed by atoms with E-state index in [1.54, 1.807) is 0 Å². The van der Waals surface area contributed by atoms with Crippen LogP contribution >= 0.6 is 0 Å². The summed E-state index contributed by atoms with van der Waals surface area (Å²) < 4.78 is 4.56. The summed E-state index contributed by atoms with van der Waals surface area (Å²) in [4.78, 5) is 0. The average molecular weight is 781 g/mol. The molecule has 2 aromatic heterocycles. The maximum Gasteiger partial charge on any atom is 0.0710 e. The summed E-state index contributed by atoms with van der Waals surface area (Å²) in [6, 6.07) is 79.3. The fourth-order valence-electron chi connectivity index (χ4n) is 8.77. The van der Waals surface area contributed by atoms with E-state index < -0.39 is 0 Å². The van der Waals surface area contributed by atoms with Gasteiger partial charge in [-0.15, -0.1) is 0 Å². The van der Waals surface area contributed by atoms with Crippen LogP contribution in [-0.2, 0) is 0 Å². The minimum absolute atomic E-state index is 0.432. The fraction of sp³-hybridized carbons (Fsp3) is 0. The van der Waals surface area contributed by atoms with Crippen LogP contribution in [0.2, 0.25) is 0 Å². The Labute approximate surface area is 354 Å². The second-order valence-corrected chi connectivity index (χ2v) is 15.5. The molecule has 0 spiro atoms. The molecule has 4 heteroatoms. The summed E-state index contributed by atoms with van der Waals surface area (Å²) in [6.07, 6.45) is 1.93. The molecule has 0 aliphatic carbocycles. The molecule has 11 rings (SSSR count). The lowest BCUT2D eigenvalue weighted by Crippen LogP contribution is -2.14. The first-order chi connectivity index (χ1) is 30.2. The summed E-state index contributed by atoms with van der Waals surface area (Å²) in [6.45, 7) is 0. The molecule has 2 heterocycles. The van der Waals surface area contributed by atoms with Crippen molar-refractivity contribution in [3.63, 3.8) is 0 Å². The smallest absolute Gasteiger partial charge is 0.0710 e. The number of fused-ring (bicyclic) bond motifs is 6. The molecule has 0 aliphatic heterocycles. The molecule has 11 aromatic rings. The molecule has 0 saturated heterocycles. The standard InChI is InChI=1S/C57H40N4/c58-52(41-20-10-3-11-21-41)38-53(42-22-12-4-13-23-42)59-61-56-32-28-44(40-18-8-2-9-19-40)35-50(56)51-37-46(29-33-57(51)61)45-27-31-55-49(36-45)48-34-43(39-16-6-1-7-17-39)26-30-54(48)60(55)47-24-14-5-15-25-47/h1-38,58-59H/b53-38-,58-52?. The summed E-state index contributed by atoms with van der Waals surface area (Å²) in [7, 11) is 0. The highest BCUT2D eigenvalue weighted by Gasteiger charge is 2.18. The second kappa shape index (κ2) is 15.2. The number of rotatable bonds is 9. The zero-order chi connectivity index (χ0) is 40.7. The number of benzene rings is 9. The van der Waals surface area contributed by atoms with Gasteiger partial charge in [0.15, 0.2) is 0 Å². The van der Waals surface area contributed by atoms with Gasteiger partial charge in [-0.25, -0.2) is 0 Å². The molecule has 0 unspecified atom stereocenters. The first kappa shape index (κ1) is 35.9. The van der Waals surface area contributed by atoms with Crippen LogP contribution in [0.3, 0.4) is 0 Å². The van der Waals surface area contributed by atoms with Crippen molar-refractivity contribution in [2.75, 3.05) is 5.43 Å². The van der Waals surface area contributed by atoms with Crippen LogP contribution in [0.15, 0.2) is 231 Å². The SMILES string of the molecule is N=C(/C=C(\Nn1c2ccc(-c3ccccc3)cc2c2cc(-c3ccc4c(c3)c3cc(-c5ccccc5)ccc3n4-c3ccccc3)ccc21)c1ccccc1)c1ccccc1. The van der Waals surface area contributed by atoms with Gasteiger partial charge in [-0.2, -0.15) is 0 Å². The van der Waals surface area contributed by atoms with Crippen LogP contribution in [0.4, 0.5) is 0 Å². The van der Waals surface area contributed by atoms with Gasteiger partial charge in [0.2, 0.25) is 0 Å². The minimum Gasteiger partial charge on any atom is -0.309 e. The van der Waals surface area contributed by atoms with Gasteiger partial charge in [-0.05, 0) is 111 Å². The van der Waals surface area contributed by atoms with E-state index in [-0.39, 0.29) is 0 Å². The molecule has 288 valence electrons. The van der Waals surface area contributed by atoms with Gasteiger partial charge in [-0.1, -0.05) is 164 Å². The van der Waals surface area contributed by atoms with Gasteiger partial charge < -0.3 is 9.98 Å². The third-order valence-corrected chi connectivity index (χ3v) is 11.8. The monoisotopic (exact) mass is 780 g/mol. The number of aromatic nitrogens is 2. The third kappa shape index (κ3) is 6.57. The molecule has 0 amide bonds. The zero-order valence-corrected chi connectivity index (χ0v) is 33.3. The highest BCUT2D eigenvalue weighted by Crippen LogP contribution is 2.39. The van der Waals surface area contributed by atoms with E-state index >= 15 is 0 Å². The maximum absolute atomic E-state index is 9.10. The molecule has 0 aliphatic rings. The molecule has 0 radical (unpaired) electrons. The molecule has 9 aromatic carbocycles. The zero-order valence-electron chi connectivity index (χ0n) is 33.3. The minimum atomic E-state index is 0.432. The topological polar surface area (TPSA) is 45.7 Å². The van der Waals surface area contributed by atoms with Crippen LogP contribution in [0.1, 0.15) is 11.1 Å². The van der Waals surface area contributed by atoms with Crippen molar-refractivity contribution in [3.05, 3.63) is 242 Å². The Bertz CT molecular complexity index is 3420. The predicted octanol–water partition coefficient (Wildman–Crippen LogP) is 14.5. The number of nitrogens with one attached hydrogen (secondary N) is 2. The molecule has 4 nitrogen and oxygen atoms in total. The van der Waals surface area contributed by atoms with Crippen molar-refractivity contribution in [2.45, 2.75) is 0 Å². The van der Waals surface area contributed by atoms with Gasteiger partial charge >= 0.3 is 0 Å². The summed E-state index contributed by atoms with van der Waals surface area (Å²) >= 11 is 0. The Morgan fingerprint density at radius 3 is 1.18 bits per heavy atom. The summed E-state index contributed by atoms with van der Waals surface area (Å²) in [5.41, 5.74) is 19.5. The Kier molecular flexibility index (Phi) is 8.94. The number of hydrogen-bond acceptors (Lipinski definition) is 2. The van der Waals surface area contributed by atoms with Gasteiger partial charge in [0, 0.05) is 27.2 Å². The van der Waals surface area contributed by atoms with Crippen LogP contribution in [0.25, 0.3) is 88.4 Å². The Morgan fingerprint density at radius 2 is 0.721 bits per heavy atom.